The smallest absolute Gasteiger partial charge is 0.238 e. The molecule has 8 nitrogen and oxygen atoms in total. The van der Waals surface area contributed by atoms with Gasteiger partial charge in [-0.2, -0.15) is 0 Å². The van der Waals surface area contributed by atoms with Crippen molar-refractivity contribution in [1.82, 2.24) is 15.1 Å². The molecule has 0 aliphatic carbocycles. The van der Waals surface area contributed by atoms with E-state index >= 15 is 0 Å². The average Bonchev–Trinajstić information content (AvgIpc) is 2.74. The van der Waals surface area contributed by atoms with E-state index in [-0.39, 0.29) is 30.4 Å². The van der Waals surface area contributed by atoms with Crippen LogP contribution in [0, 0.1) is 13.8 Å². The molecule has 1 aromatic carbocycles. The SMILES string of the molecule is COCCN(CC(=O)NCC(C)(C)N1CCOCC1)CC(=O)Nc1cccc(C)c1C. The molecule has 0 saturated carbocycles. The number of nitrogens with one attached hydrogen (secondary N) is 2. The first kappa shape index (κ1) is 25.3. The highest BCUT2D eigenvalue weighted by atomic mass is 16.5. The monoisotopic (exact) mass is 434 g/mol. The number of amides is 2. The first-order chi connectivity index (χ1) is 14.7. The molecular weight excluding hydrogens is 396 g/mol. The van der Waals surface area contributed by atoms with Gasteiger partial charge in [0.15, 0.2) is 0 Å². The topological polar surface area (TPSA) is 83.1 Å². The number of methoxy groups -OCH3 is 1. The Morgan fingerprint density at radius 3 is 2.52 bits per heavy atom. The van der Waals surface area contributed by atoms with Gasteiger partial charge in [0.2, 0.25) is 11.8 Å². The highest BCUT2D eigenvalue weighted by Crippen LogP contribution is 2.18. The van der Waals surface area contributed by atoms with Crippen LogP contribution in [0.2, 0.25) is 0 Å². The van der Waals surface area contributed by atoms with Crippen LogP contribution in [0.3, 0.4) is 0 Å². The van der Waals surface area contributed by atoms with E-state index in [2.05, 4.69) is 29.4 Å². The molecule has 1 heterocycles. The minimum absolute atomic E-state index is 0.100. The molecule has 0 atom stereocenters. The van der Waals surface area contributed by atoms with E-state index in [0.717, 1.165) is 43.1 Å². The van der Waals surface area contributed by atoms with Gasteiger partial charge in [0.05, 0.1) is 32.9 Å². The Morgan fingerprint density at radius 1 is 1.16 bits per heavy atom. The third-order valence-electron chi connectivity index (χ3n) is 5.81. The zero-order chi connectivity index (χ0) is 22.9. The number of anilines is 1. The highest BCUT2D eigenvalue weighted by molar-refractivity contribution is 5.93. The average molecular weight is 435 g/mol. The van der Waals surface area contributed by atoms with Crippen LogP contribution in [0.25, 0.3) is 0 Å². The Labute approximate surface area is 186 Å². The molecule has 1 fully saturated rings. The van der Waals surface area contributed by atoms with Crippen LogP contribution in [-0.2, 0) is 19.1 Å². The van der Waals surface area contributed by atoms with Crippen LogP contribution in [-0.4, -0.2) is 93.4 Å². The van der Waals surface area contributed by atoms with Gasteiger partial charge in [-0.05, 0) is 44.9 Å². The Kier molecular flexibility index (Phi) is 9.90. The standard InChI is InChI=1S/C23H38N4O4/c1-18-7-6-8-20(19(18)2)25-22(29)16-26(9-12-30-5)15-21(28)24-17-23(3,4)27-10-13-31-14-11-27/h6-8H,9-17H2,1-5H3,(H,24,28)(H,25,29). The molecule has 31 heavy (non-hydrogen) atoms. The number of nitrogens with zero attached hydrogens (tertiary/aromatic N) is 2. The van der Waals surface area contributed by atoms with Gasteiger partial charge >= 0.3 is 0 Å². The van der Waals surface area contributed by atoms with Crippen molar-refractivity contribution in [2.45, 2.75) is 33.2 Å². The summed E-state index contributed by atoms with van der Waals surface area (Å²) in [5, 5.41) is 5.99. The maximum absolute atomic E-state index is 12.6. The van der Waals surface area contributed by atoms with E-state index in [9.17, 15) is 9.59 Å². The minimum Gasteiger partial charge on any atom is -0.383 e. The second kappa shape index (κ2) is 12.1. The van der Waals surface area contributed by atoms with Gasteiger partial charge in [0, 0.05) is 44.5 Å². The van der Waals surface area contributed by atoms with E-state index in [1.54, 1.807) is 12.0 Å². The van der Waals surface area contributed by atoms with Gasteiger partial charge in [0.1, 0.15) is 0 Å². The van der Waals surface area contributed by atoms with Crippen molar-refractivity contribution in [2.24, 2.45) is 0 Å². The molecule has 0 radical (unpaired) electrons. The predicted octanol–water partition coefficient (Wildman–Crippen LogP) is 1.42. The second-order valence-electron chi connectivity index (χ2n) is 8.69. The summed E-state index contributed by atoms with van der Waals surface area (Å²) in [6, 6.07) is 5.82. The quantitative estimate of drug-likeness (QED) is 0.548. The summed E-state index contributed by atoms with van der Waals surface area (Å²) in [6.45, 7) is 13.2. The van der Waals surface area contributed by atoms with Crippen molar-refractivity contribution in [1.29, 1.82) is 0 Å². The summed E-state index contributed by atoms with van der Waals surface area (Å²) in [5.41, 5.74) is 2.81. The largest absolute Gasteiger partial charge is 0.383 e. The fourth-order valence-corrected chi connectivity index (χ4v) is 3.57. The molecule has 0 unspecified atom stereocenters. The number of ether oxygens (including phenoxy) is 2. The van der Waals surface area contributed by atoms with Crippen LogP contribution in [0.5, 0.6) is 0 Å². The lowest BCUT2D eigenvalue weighted by molar-refractivity contribution is -0.124. The zero-order valence-corrected chi connectivity index (χ0v) is 19.6. The van der Waals surface area contributed by atoms with Crippen molar-refractivity contribution >= 4 is 17.5 Å². The minimum atomic E-state index is -0.156. The van der Waals surface area contributed by atoms with Gasteiger partial charge in [-0.15, -0.1) is 0 Å². The Hall–Kier alpha value is -2.00. The molecule has 1 aliphatic rings. The first-order valence-corrected chi connectivity index (χ1v) is 10.9. The van der Waals surface area contributed by atoms with Crippen LogP contribution in [0.4, 0.5) is 5.69 Å². The van der Waals surface area contributed by atoms with E-state index in [0.29, 0.717) is 19.7 Å². The van der Waals surface area contributed by atoms with Crippen molar-refractivity contribution in [2.75, 3.05) is 71.5 Å². The number of carbonyl (C=O) groups is 2. The normalized spacial score (nSPS) is 15.2. The van der Waals surface area contributed by atoms with Crippen LogP contribution < -0.4 is 10.6 Å². The lowest BCUT2D eigenvalue weighted by atomic mass is 10.0. The molecule has 1 saturated heterocycles. The zero-order valence-electron chi connectivity index (χ0n) is 19.6. The van der Waals surface area contributed by atoms with E-state index in [4.69, 9.17) is 9.47 Å². The molecule has 2 N–H and O–H groups in total. The lowest BCUT2D eigenvalue weighted by Gasteiger charge is -2.41. The number of aryl methyl sites for hydroxylation is 1. The van der Waals surface area contributed by atoms with E-state index in [1.807, 2.05) is 32.0 Å². The number of benzene rings is 1. The Morgan fingerprint density at radius 2 is 1.84 bits per heavy atom. The number of hydrogen-bond donors (Lipinski definition) is 2. The highest BCUT2D eigenvalue weighted by Gasteiger charge is 2.28. The predicted molar refractivity (Wildman–Crippen MR) is 122 cm³/mol. The van der Waals surface area contributed by atoms with Crippen LogP contribution >= 0.6 is 0 Å². The molecule has 0 spiro atoms. The molecular formula is C23H38N4O4. The van der Waals surface area contributed by atoms with E-state index in [1.165, 1.54) is 0 Å². The Balaban J connectivity index is 1.88. The van der Waals surface area contributed by atoms with Gasteiger partial charge in [0.25, 0.3) is 0 Å². The van der Waals surface area contributed by atoms with Gasteiger partial charge < -0.3 is 20.1 Å². The lowest BCUT2D eigenvalue weighted by Crippen LogP contribution is -2.56. The fourth-order valence-electron chi connectivity index (χ4n) is 3.57. The summed E-state index contributed by atoms with van der Waals surface area (Å²) in [7, 11) is 1.61. The fraction of sp³-hybridized carbons (Fsp3) is 0.652. The van der Waals surface area contributed by atoms with Crippen LogP contribution in [0.15, 0.2) is 18.2 Å². The molecule has 2 rings (SSSR count). The van der Waals surface area contributed by atoms with Crippen LogP contribution in [0.1, 0.15) is 25.0 Å². The molecule has 0 bridgehead atoms. The maximum atomic E-state index is 12.6. The second-order valence-corrected chi connectivity index (χ2v) is 8.69. The first-order valence-electron chi connectivity index (χ1n) is 10.9. The summed E-state index contributed by atoms with van der Waals surface area (Å²) in [4.78, 5) is 29.4. The maximum Gasteiger partial charge on any atom is 0.238 e. The number of hydrogen-bond acceptors (Lipinski definition) is 6. The van der Waals surface area contributed by atoms with Crippen molar-refractivity contribution in [3.63, 3.8) is 0 Å². The van der Waals surface area contributed by atoms with E-state index < -0.39 is 0 Å². The van der Waals surface area contributed by atoms with Gasteiger partial charge in [-0.1, -0.05) is 12.1 Å². The summed E-state index contributed by atoms with van der Waals surface area (Å²) in [5.74, 6) is -0.247. The third-order valence-corrected chi connectivity index (χ3v) is 5.81. The number of morpholine rings is 1. The Bertz CT molecular complexity index is 732. The summed E-state index contributed by atoms with van der Waals surface area (Å²) < 4.78 is 10.6. The number of carbonyl (C=O) groups excluding carboxylic acids is 2. The third kappa shape index (κ3) is 8.22. The summed E-state index contributed by atoms with van der Waals surface area (Å²) in [6.07, 6.45) is 0. The van der Waals surface area contributed by atoms with Crippen molar-refractivity contribution < 1.29 is 19.1 Å². The number of rotatable bonds is 11. The molecule has 174 valence electrons. The molecule has 1 aliphatic heterocycles. The van der Waals surface area contributed by atoms with Gasteiger partial charge in [-0.25, -0.2) is 0 Å². The van der Waals surface area contributed by atoms with Gasteiger partial charge in [-0.3, -0.25) is 19.4 Å². The van der Waals surface area contributed by atoms with Crippen molar-refractivity contribution in [3.8, 4) is 0 Å². The molecule has 8 heteroatoms. The molecule has 1 aromatic rings. The molecule has 2 amide bonds. The molecule has 0 aromatic heterocycles. The van der Waals surface area contributed by atoms with Crippen molar-refractivity contribution in [3.05, 3.63) is 29.3 Å². The summed E-state index contributed by atoms with van der Waals surface area (Å²) >= 11 is 0.